The third-order valence-corrected chi connectivity index (χ3v) is 3.49. The molecule has 0 saturated heterocycles. The molecule has 0 aliphatic carbocycles. The van der Waals surface area contributed by atoms with Gasteiger partial charge in [-0.05, 0) is 19.1 Å². The van der Waals surface area contributed by atoms with Crippen molar-refractivity contribution in [3.63, 3.8) is 0 Å². The van der Waals surface area contributed by atoms with Gasteiger partial charge in [-0.15, -0.1) is 0 Å². The van der Waals surface area contributed by atoms with E-state index in [4.69, 9.17) is 0 Å². The Labute approximate surface area is 122 Å². The fourth-order valence-electron chi connectivity index (χ4n) is 1.46. The lowest BCUT2D eigenvalue weighted by molar-refractivity contribution is -0.115. The molecule has 8 heteroatoms. The van der Waals surface area contributed by atoms with Gasteiger partial charge in [-0.3, -0.25) is 9.59 Å². The molecular formula is C13H11F2N3O2S. The van der Waals surface area contributed by atoms with Crippen LogP contribution in [-0.2, 0) is 4.79 Å². The zero-order valence-electron chi connectivity index (χ0n) is 10.9. The zero-order valence-corrected chi connectivity index (χ0v) is 11.7. The maximum absolute atomic E-state index is 13.4. The Balaban J connectivity index is 2.04. The van der Waals surface area contributed by atoms with Gasteiger partial charge < -0.3 is 10.3 Å². The number of anilines is 1. The minimum atomic E-state index is -0.855. The number of halogens is 2. The third kappa shape index (κ3) is 4.12. The van der Waals surface area contributed by atoms with Gasteiger partial charge in [-0.2, -0.15) is 0 Å². The fraction of sp³-hybridized carbons (Fsp3) is 0.154. The van der Waals surface area contributed by atoms with Gasteiger partial charge >= 0.3 is 0 Å². The highest BCUT2D eigenvalue weighted by Gasteiger charge is 2.17. The fourth-order valence-corrected chi connectivity index (χ4v) is 2.24. The quantitative estimate of drug-likeness (QED) is 0.670. The van der Waals surface area contributed by atoms with E-state index in [1.54, 1.807) is 6.92 Å². The second-order valence-electron chi connectivity index (χ2n) is 4.11. The van der Waals surface area contributed by atoms with Gasteiger partial charge in [0.1, 0.15) is 11.6 Å². The molecule has 21 heavy (non-hydrogen) atoms. The smallest absolute Gasteiger partial charge is 0.251 e. The number of hydrogen-bond acceptors (Lipinski definition) is 4. The van der Waals surface area contributed by atoms with Crippen molar-refractivity contribution < 1.29 is 13.6 Å². The van der Waals surface area contributed by atoms with Crippen LogP contribution in [0.2, 0.25) is 0 Å². The minimum Gasteiger partial charge on any atom is -0.323 e. The number of aromatic amines is 1. The molecule has 1 atom stereocenters. The average Bonchev–Trinajstić information content (AvgIpc) is 2.41. The summed E-state index contributed by atoms with van der Waals surface area (Å²) >= 11 is 1.02. The molecule has 1 amide bonds. The molecule has 2 rings (SSSR count). The van der Waals surface area contributed by atoms with Gasteiger partial charge in [-0.25, -0.2) is 13.8 Å². The second-order valence-corrected chi connectivity index (χ2v) is 5.44. The zero-order chi connectivity index (χ0) is 15.4. The van der Waals surface area contributed by atoms with Crippen LogP contribution < -0.4 is 10.9 Å². The number of nitrogens with one attached hydrogen (secondary N) is 2. The van der Waals surface area contributed by atoms with Crippen LogP contribution in [0.5, 0.6) is 0 Å². The van der Waals surface area contributed by atoms with Crippen LogP contribution >= 0.6 is 11.8 Å². The van der Waals surface area contributed by atoms with E-state index in [0.29, 0.717) is 6.07 Å². The minimum absolute atomic E-state index is 0.108. The van der Waals surface area contributed by atoms with Crippen LogP contribution in [0.25, 0.3) is 0 Å². The first-order valence-corrected chi connectivity index (χ1v) is 6.81. The lowest BCUT2D eigenvalue weighted by Gasteiger charge is -2.11. The van der Waals surface area contributed by atoms with Gasteiger partial charge in [0.15, 0.2) is 5.16 Å². The molecule has 1 aromatic heterocycles. The normalized spacial score (nSPS) is 12.0. The van der Waals surface area contributed by atoms with E-state index in [0.717, 1.165) is 23.9 Å². The Bertz CT molecular complexity index is 721. The standard InChI is InChI=1S/C13H11F2N3O2S/c1-7(21-13-16-5-4-11(19)18-13)12(20)17-10-3-2-8(14)6-9(10)15/h2-7H,1H3,(H,17,20)(H,16,18,19). The summed E-state index contributed by atoms with van der Waals surface area (Å²) in [5.41, 5.74) is -0.437. The number of hydrogen-bond donors (Lipinski definition) is 2. The van der Waals surface area contributed by atoms with E-state index >= 15 is 0 Å². The number of carbonyl (C=O) groups excluding carboxylic acids is 1. The van der Waals surface area contributed by atoms with Crippen LogP contribution in [0.3, 0.4) is 0 Å². The van der Waals surface area contributed by atoms with Gasteiger partial charge in [0.05, 0.1) is 10.9 Å². The van der Waals surface area contributed by atoms with E-state index in [2.05, 4.69) is 15.3 Å². The summed E-state index contributed by atoms with van der Waals surface area (Å²) in [6, 6.07) is 4.13. The Kier molecular flexibility index (Phi) is 4.69. The van der Waals surface area contributed by atoms with Crippen LogP contribution in [-0.4, -0.2) is 21.1 Å². The molecule has 0 spiro atoms. The first kappa shape index (κ1) is 15.2. The molecule has 0 radical (unpaired) electrons. The van der Waals surface area contributed by atoms with E-state index in [9.17, 15) is 18.4 Å². The Morgan fingerprint density at radius 1 is 1.38 bits per heavy atom. The van der Waals surface area contributed by atoms with Crippen LogP contribution in [0.1, 0.15) is 6.92 Å². The number of carbonyl (C=O) groups is 1. The molecule has 0 aliphatic rings. The van der Waals surface area contributed by atoms with Crippen LogP contribution in [0, 0.1) is 11.6 Å². The number of benzene rings is 1. The summed E-state index contributed by atoms with van der Waals surface area (Å²) in [6.45, 7) is 1.58. The highest BCUT2D eigenvalue weighted by atomic mass is 32.2. The van der Waals surface area contributed by atoms with Crippen molar-refractivity contribution in [2.24, 2.45) is 0 Å². The molecular weight excluding hydrogens is 300 g/mol. The molecule has 2 aromatic rings. The maximum Gasteiger partial charge on any atom is 0.251 e. The topological polar surface area (TPSA) is 74.8 Å². The molecule has 1 unspecified atom stereocenters. The van der Waals surface area contributed by atoms with Crippen molar-refractivity contribution in [3.05, 3.63) is 52.5 Å². The third-order valence-electron chi connectivity index (χ3n) is 2.49. The maximum atomic E-state index is 13.4. The number of aromatic nitrogens is 2. The van der Waals surface area contributed by atoms with E-state index in [1.165, 1.54) is 12.3 Å². The van der Waals surface area contributed by atoms with Gasteiger partial charge in [0.2, 0.25) is 5.91 Å². The molecule has 110 valence electrons. The largest absolute Gasteiger partial charge is 0.323 e. The Morgan fingerprint density at radius 3 is 2.81 bits per heavy atom. The van der Waals surface area contributed by atoms with Gasteiger partial charge in [0, 0.05) is 18.3 Å². The molecule has 1 heterocycles. The average molecular weight is 311 g/mol. The van der Waals surface area contributed by atoms with Crippen molar-refractivity contribution in [3.8, 4) is 0 Å². The highest BCUT2D eigenvalue weighted by Crippen LogP contribution is 2.21. The van der Waals surface area contributed by atoms with Crippen molar-refractivity contribution in [2.45, 2.75) is 17.3 Å². The van der Waals surface area contributed by atoms with Crippen molar-refractivity contribution >= 4 is 23.4 Å². The Morgan fingerprint density at radius 2 is 2.14 bits per heavy atom. The highest BCUT2D eigenvalue weighted by molar-refractivity contribution is 8.00. The number of H-pyrrole nitrogens is 1. The van der Waals surface area contributed by atoms with Crippen molar-refractivity contribution in [1.29, 1.82) is 0 Å². The summed E-state index contributed by atoms with van der Waals surface area (Å²) in [5.74, 6) is -2.07. The molecule has 5 nitrogen and oxygen atoms in total. The predicted molar refractivity (Wildman–Crippen MR) is 75.2 cm³/mol. The number of nitrogens with zero attached hydrogens (tertiary/aromatic N) is 1. The van der Waals surface area contributed by atoms with E-state index in [-0.39, 0.29) is 16.4 Å². The number of amides is 1. The molecule has 2 N–H and O–H groups in total. The summed E-state index contributed by atoms with van der Waals surface area (Å²) < 4.78 is 26.2. The van der Waals surface area contributed by atoms with Crippen molar-refractivity contribution in [2.75, 3.05) is 5.32 Å². The van der Waals surface area contributed by atoms with E-state index in [1.807, 2.05) is 0 Å². The number of rotatable bonds is 4. The van der Waals surface area contributed by atoms with Crippen LogP contribution in [0.4, 0.5) is 14.5 Å². The van der Waals surface area contributed by atoms with Gasteiger partial charge in [0.25, 0.3) is 5.56 Å². The summed E-state index contributed by atoms with van der Waals surface area (Å²) in [7, 11) is 0. The summed E-state index contributed by atoms with van der Waals surface area (Å²) in [6.07, 6.45) is 1.32. The summed E-state index contributed by atoms with van der Waals surface area (Å²) in [4.78, 5) is 29.4. The number of thioether (sulfide) groups is 1. The Hall–Kier alpha value is -2.22. The van der Waals surface area contributed by atoms with Crippen LogP contribution in [0.15, 0.2) is 40.4 Å². The first-order chi connectivity index (χ1) is 9.95. The monoisotopic (exact) mass is 311 g/mol. The van der Waals surface area contributed by atoms with Gasteiger partial charge in [-0.1, -0.05) is 11.8 Å². The lowest BCUT2D eigenvalue weighted by Crippen LogP contribution is -2.23. The molecule has 0 bridgehead atoms. The first-order valence-electron chi connectivity index (χ1n) is 5.93. The summed E-state index contributed by atoms with van der Waals surface area (Å²) in [5, 5.41) is 2.01. The molecule has 1 aromatic carbocycles. The second kappa shape index (κ2) is 6.49. The van der Waals surface area contributed by atoms with Crippen molar-refractivity contribution in [1.82, 2.24) is 9.97 Å². The lowest BCUT2D eigenvalue weighted by atomic mass is 10.3. The molecule has 0 fully saturated rings. The molecule has 0 aliphatic heterocycles. The molecule has 0 saturated carbocycles. The van der Waals surface area contributed by atoms with E-state index < -0.39 is 22.8 Å². The SMILES string of the molecule is CC(Sc1nccc(=O)[nH]1)C(=O)Nc1ccc(F)cc1F. The predicted octanol–water partition coefficient (Wildman–Crippen LogP) is 2.17.